The maximum Gasteiger partial charge on any atom is 0.268 e. The van der Waals surface area contributed by atoms with Crippen molar-refractivity contribution in [1.82, 2.24) is 10.3 Å². The molecule has 20 heavy (non-hydrogen) atoms. The van der Waals surface area contributed by atoms with E-state index in [2.05, 4.69) is 10.3 Å². The topological polar surface area (TPSA) is 91.7 Å². The van der Waals surface area contributed by atoms with Gasteiger partial charge in [-0.1, -0.05) is 12.8 Å². The van der Waals surface area contributed by atoms with E-state index in [1.165, 1.54) is 0 Å². The van der Waals surface area contributed by atoms with Gasteiger partial charge in [0.2, 0.25) is 0 Å². The Hall–Kier alpha value is -1.37. The molecule has 0 radical (unpaired) electrons. The Morgan fingerprint density at radius 1 is 1.55 bits per heavy atom. The first kappa shape index (κ1) is 15.0. The summed E-state index contributed by atoms with van der Waals surface area (Å²) in [6.07, 6.45) is 3.80. The van der Waals surface area contributed by atoms with Gasteiger partial charge in [0.15, 0.2) is 0 Å². The van der Waals surface area contributed by atoms with Crippen molar-refractivity contribution in [3.8, 4) is 0 Å². The number of nitrogen functional groups attached to an aromatic ring is 1. The van der Waals surface area contributed by atoms with Crippen LogP contribution in [0.2, 0.25) is 0 Å². The van der Waals surface area contributed by atoms with E-state index in [-0.39, 0.29) is 18.1 Å². The Balaban J connectivity index is 2.04. The van der Waals surface area contributed by atoms with Crippen LogP contribution in [-0.2, 0) is 6.54 Å². The molecule has 1 amide bonds. The number of aliphatic hydroxyl groups is 1. The van der Waals surface area contributed by atoms with Crippen molar-refractivity contribution in [2.45, 2.75) is 51.3 Å². The summed E-state index contributed by atoms with van der Waals surface area (Å²) < 4.78 is 5.59. The molecule has 1 aromatic rings. The maximum atomic E-state index is 11.5. The summed E-state index contributed by atoms with van der Waals surface area (Å²) in [5, 5.41) is 10.1. The molecule has 0 spiro atoms. The normalized spacial score (nSPS) is 23.1. The van der Waals surface area contributed by atoms with E-state index in [9.17, 15) is 9.90 Å². The molecular formula is C14H23N3O3. The number of nitrogens with two attached hydrogens (primary N) is 1. The van der Waals surface area contributed by atoms with Crippen LogP contribution >= 0.6 is 0 Å². The monoisotopic (exact) mass is 281 g/mol. The summed E-state index contributed by atoms with van der Waals surface area (Å²) in [5.74, 6) is 6.05. The molecule has 6 nitrogen and oxygen atoms in total. The van der Waals surface area contributed by atoms with Gasteiger partial charge >= 0.3 is 0 Å². The molecule has 2 atom stereocenters. The quantitative estimate of drug-likeness (QED) is 0.434. The summed E-state index contributed by atoms with van der Waals surface area (Å²) in [4.78, 5) is 13.6. The van der Waals surface area contributed by atoms with Crippen molar-refractivity contribution in [2.24, 2.45) is 5.84 Å². The third-order valence-corrected chi connectivity index (χ3v) is 4.01. The standard InChI is InChI=1S/C14H23N3O3/c1-9-11(14(19)16-15)7-10(20-9)8-17(2)12-5-3-4-6-13(12)18/h7,12-13,18H,3-6,8,15H2,1-2H3,(H,16,19). The Kier molecular flexibility index (Phi) is 4.80. The summed E-state index contributed by atoms with van der Waals surface area (Å²) in [7, 11) is 1.97. The lowest BCUT2D eigenvalue weighted by Gasteiger charge is -2.34. The molecule has 1 aliphatic rings. The lowest BCUT2D eigenvalue weighted by Crippen LogP contribution is -2.42. The van der Waals surface area contributed by atoms with Crippen molar-refractivity contribution < 1.29 is 14.3 Å². The second-order valence-electron chi connectivity index (χ2n) is 5.49. The van der Waals surface area contributed by atoms with E-state index in [0.717, 1.165) is 25.7 Å². The number of hydrogen-bond donors (Lipinski definition) is 3. The molecule has 2 rings (SSSR count). The molecule has 112 valence electrons. The average Bonchev–Trinajstić information content (AvgIpc) is 2.79. The molecule has 1 heterocycles. The van der Waals surface area contributed by atoms with Gasteiger partial charge in [0.05, 0.1) is 18.2 Å². The van der Waals surface area contributed by atoms with Crippen LogP contribution in [0.15, 0.2) is 10.5 Å². The predicted molar refractivity (Wildman–Crippen MR) is 74.8 cm³/mol. The molecule has 6 heteroatoms. The fraction of sp³-hybridized carbons (Fsp3) is 0.643. The predicted octanol–water partition coefficient (Wildman–Crippen LogP) is 0.927. The van der Waals surface area contributed by atoms with Crippen LogP contribution in [0.3, 0.4) is 0 Å². The number of carbonyl (C=O) groups is 1. The van der Waals surface area contributed by atoms with E-state index < -0.39 is 0 Å². The minimum Gasteiger partial charge on any atom is -0.464 e. The first-order valence-electron chi connectivity index (χ1n) is 7.01. The smallest absolute Gasteiger partial charge is 0.268 e. The van der Waals surface area contributed by atoms with Crippen LogP contribution in [0.5, 0.6) is 0 Å². The number of nitrogens with zero attached hydrogens (tertiary/aromatic N) is 1. The zero-order chi connectivity index (χ0) is 14.7. The van der Waals surface area contributed by atoms with Crippen molar-refractivity contribution in [3.63, 3.8) is 0 Å². The van der Waals surface area contributed by atoms with Gasteiger partial charge in [-0.25, -0.2) is 5.84 Å². The Morgan fingerprint density at radius 3 is 2.90 bits per heavy atom. The lowest BCUT2D eigenvalue weighted by molar-refractivity contribution is 0.0262. The summed E-state index contributed by atoms with van der Waals surface area (Å²) in [5.41, 5.74) is 2.57. The van der Waals surface area contributed by atoms with E-state index >= 15 is 0 Å². The number of amides is 1. The molecule has 0 aliphatic heterocycles. The molecule has 0 bridgehead atoms. The van der Waals surface area contributed by atoms with E-state index in [0.29, 0.717) is 23.6 Å². The van der Waals surface area contributed by atoms with Crippen molar-refractivity contribution in [2.75, 3.05) is 7.05 Å². The summed E-state index contributed by atoms with van der Waals surface area (Å²) >= 11 is 0. The number of rotatable bonds is 4. The largest absolute Gasteiger partial charge is 0.464 e. The number of hydrazine groups is 1. The number of hydrogen-bond acceptors (Lipinski definition) is 5. The fourth-order valence-electron chi connectivity index (χ4n) is 2.89. The van der Waals surface area contributed by atoms with E-state index in [4.69, 9.17) is 10.3 Å². The molecule has 0 aromatic carbocycles. The van der Waals surface area contributed by atoms with Crippen LogP contribution in [0.25, 0.3) is 0 Å². The zero-order valence-corrected chi connectivity index (χ0v) is 12.1. The number of nitrogens with one attached hydrogen (secondary N) is 1. The van der Waals surface area contributed by atoms with Crippen molar-refractivity contribution in [1.29, 1.82) is 0 Å². The lowest BCUT2D eigenvalue weighted by atomic mass is 9.91. The minimum atomic E-state index is -0.349. The zero-order valence-electron chi connectivity index (χ0n) is 12.1. The van der Waals surface area contributed by atoms with Crippen molar-refractivity contribution >= 4 is 5.91 Å². The van der Waals surface area contributed by atoms with Crippen LogP contribution in [0, 0.1) is 6.92 Å². The highest BCUT2D eigenvalue weighted by atomic mass is 16.3. The van der Waals surface area contributed by atoms with Gasteiger partial charge in [0.1, 0.15) is 11.5 Å². The summed E-state index contributed by atoms with van der Waals surface area (Å²) in [6, 6.07) is 1.87. The molecule has 4 N–H and O–H groups in total. The van der Waals surface area contributed by atoms with Crippen molar-refractivity contribution in [3.05, 3.63) is 23.2 Å². The third-order valence-electron chi connectivity index (χ3n) is 4.01. The SMILES string of the molecule is Cc1oc(CN(C)C2CCCCC2O)cc1C(=O)NN. The van der Waals surface area contributed by atoms with Gasteiger partial charge in [-0.3, -0.25) is 15.1 Å². The Morgan fingerprint density at radius 2 is 2.25 bits per heavy atom. The van der Waals surface area contributed by atoms with Crippen LogP contribution in [0.1, 0.15) is 47.6 Å². The highest BCUT2D eigenvalue weighted by Crippen LogP contribution is 2.24. The molecule has 2 unspecified atom stereocenters. The molecular weight excluding hydrogens is 258 g/mol. The molecule has 1 aliphatic carbocycles. The van der Waals surface area contributed by atoms with Gasteiger partial charge in [0, 0.05) is 6.04 Å². The average molecular weight is 281 g/mol. The Labute approximate surface area is 118 Å². The number of aryl methyl sites for hydroxylation is 1. The number of carbonyl (C=O) groups excluding carboxylic acids is 1. The summed E-state index contributed by atoms with van der Waals surface area (Å²) in [6.45, 7) is 2.31. The number of furan rings is 1. The van der Waals surface area contributed by atoms with E-state index in [1.807, 2.05) is 7.05 Å². The Bertz CT molecular complexity index is 472. The van der Waals surface area contributed by atoms with Crippen LogP contribution in [-0.4, -0.2) is 35.1 Å². The van der Waals surface area contributed by atoms with Crippen LogP contribution in [0.4, 0.5) is 0 Å². The fourth-order valence-corrected chi connectivity index (χ4v) is 2.89. The van der Waals surface area contributed by atoms with Gasteiger partial charge in [-0.2, -0.15) is 0 Å². The second kappa shape index (κ2) is 6.39. The molecule has 0 saturated heterocycles. The maximum absolute atomic E-state index is 11.5. The highest BCUT2D eigenvalue weighted by Gasteiger charge is 2.27. The second-order valence-corrected chi connectivity index (χ2v) is 5.49. The molecule has 1 saturated carbocycles. The van der Waals surface area contributed by atoms with Gasteiger partial charge < -0.3 is 9.52 Å². The highest BCUT2D eigenvalue weighted by molar-refractivity contribution is 5.94. The first-order chi connectivity index (χ1) is 9.52. The molecule has 1 aromatic heterocycles. The van der Waals surface area contributed by atoms with Gasteiger partial charge in [-0.15, -0.1) is 0 Å². The van der Waals surface area contributed by atoms with Gasteiger partial charge in [0.25, 0.3) is 5.91 Å². The van der Waals surface area contributed by atoms with Crippen LogP contribution < -0.4 is 11.3 Å². The molecule has 1 fully saturated rings. The first-order valence-corrected chi connectivity index (χ1v) is 7.01. The van der Waals surface area contributed by atoms with Gasteiger partial charge in [-0.05, 0) is 32.9 Å². The number of likely N-dealkylation sites (N-methyl/N-ethyl adjacent to an activating group) is 1. The minimum absolute atomic E-state index is 0.154. The van der Waals surface area contributed by atoms with E-state index in [1.54, 1.807) is 13.0 Å². The third kappa shape index (κ3) is 3.20. The number of aliphatic hydroxyl groups excluding tert-OH is 1.